The fraction of sp³-hybridized carbons (Fsp3) is 0.444. The van der Waals surface area contributed by atoms with Gasteiger partial charge >= 0.3 is 0 Å². The summed E-state index contributed by atoms with van der Waals surface area (Å²) in [5.41, 5.74) is 11.4. The SMILES string of the molecule is C=C(c1[nH]c(C)c(CC)c1C)c1[nH]c(C)c(CC)c1C. The molecule has 2 heterocycles. The van der Waals surface area contributed by atoms with E-state index in [-0.39, 0.29) is 0 Å². The van der Waals surface area contributed by atoms with E-state index in [9.17, 15) is 0 Å². The first-order valence-electron chi connectivity index (χ1n) is 7.47. The molecule has 2 N–H and O–H groups in total. The van der Waals surface area contributed by atoms with Crippen LogP contribution in [0.1, 0.15) is 58.9 Å². The Kier molecular flexibility index (Phi) is 3.94. The van der Waals surface area contributed by atoms with Crippen LogP contribution in [0.5, 0.6) is 0 Å². The van der Waals surface area contributed by atoms with Gasteiger partial charge in [0.15, 0.2) is 0 Å². The zero-order valence-corrected chi connectivity index (χ0v) is 13.6. The van der Waals surface area contributed by atoms with Crippen LogP contribution in [0.15, 0.2) is 6.58 Å². The molecule has 0 saturated heterocycles. The summed E-state index contributed by atoms with van der Waals surface area (Å²) in [4.78, 5) is 7.03. The molecule has 2 aromatic rings. The predicted molar refractivity (Wildman–Crippen MR) is 87.4 cm³/mol. The van der Waals surface area contributed by atoms with E-state index in [4.69, 9.17) is 0 Å². The molecular weight excluding hydrogens is 244 g/mol. The van der Waals surface area contributed by atoms with Crippen LogP contribution in [0.25, 0.3) is 5.57 Å². The maximum atomic E-state index is 4.33. The van der Waals surface area contributed by atoms with Gasteiger partial charge in [-0.3, -0.25) is 0 Å². The van der Waals surface area contributed by atoms with Gasteiger partial charge in [0.1, 0.15) is 0 Å². The molecule has 2 heteroatoms. The molecule has 0 aliphatic carbocycles. The minimum Gasteiger partial charge on any atom is -0.358 e. The van der Waals surface area contributed by atoms with Crippen molar-refractivity contribution in [3.8, 4) is 0 Å². The largest absolute Gasteiger partial charge is 0.358 e. The van der Waals surface area contributed by atoms with Gasteiger partial charge in [-0.15, -0.1) is 0 Å². The van der Waals surface area contributed by atoms with Crippen LogP contribution in [0.2, 0.25) is 0 Å². The molecule has 108 valence electrons. The van der Waals surface area contributed by atoms with E-state index in [1.54, 1.807) is 0 Å². The van der Waals surface area contributed by atoms with E-state index in [0.717, 1.165) is 18.4 Å². The molecule has 2 nitrogen and oxygen atoms in total. The zero-order chi connectivity index (χ0) is 15.0. The second-order valence-electron chi connectivity index (χ2n) is 5.64. The molecule has 20 heavy (non-hydrogen) atoms. The van der Waals surface area contributed by atoms with Crippen LogP contribution >= 0.6 is 0 Å². The Labute approximate surface area is 122 Å². The van der Waals surface area contributed by atoms with Crippen LogP contribution in [-0.4, -0.2) is 9.97 Å². The van der Waals surface area contributed by atoms with Crippen LogP contribution in [-0.2, 0) is 12.8 Å². The summed E-state index contributed by atoms with van der Waals surface area (Å²) in [6.45, 7) is 17.4. The van der Waals surface area contributed by atoms with Crippen LogP contribution in [0.3, 0.4) is 0 Å². The van der Waals surface area contributed by atoms with Crippen molar-refractivity contribution < 1.29 is 0 Å². The molecule has 2 rings (SSSR count). The number of hydrogen-bond acceptors (Lipinski definition) is 0. The first-order valence-corrected chi connectivity index (χ1v) is 7.47. The average molecular weight is 270 g/mol. The highest BCUT2D eigenvalue weighted by Gasteiger charge is 2.18. The van der Waals surface area contributed by atoms with E-state index in [1.165, 1.54) is 45.0 Å². The standard InChI is InChI=1S/C18H26N2/c1-8-15-10(3)17(19-13(15)6)12(5)18-11(4)16(9-2)14(7)20-18/h19-20H,5,8-9H2,1-4,6-7H3. The molecule has 0 unspecified atom stereocenters. The van der Waals surface area contributed by atoms with Crippen molar-refractivity contribution in [1.29, 1.82) is 0 Å². The van der Waals surface area contributed by atoms with Gasteiger partial charge in [0.2, 0.25) is 0 Å². The van der Waals surface area contributed by atoms with Gasteiger partial charge in [-0.25, -0.2) is 0 Å². The number of H-pyrrole nitrogens is 2. The maximum absolute atomic E-state index is 4.33. The predicted octanol–water partition coefficient (Wildman–Crippen LogP) is 4.76. The molecule has 0 spiro atoms. The number of hydrogen-bond donors (Lipinski definition) is 2. The number of aromatic amines is 2. The first kappa shape index (κ1) is 14.7. The Morgan fingerprint density at radius 3 is 1.40 bits per heavy atom. The van der Waals surface area contributed by atoms with Crippen LogP contribution in [0, 0.1) is 27.7 Å². The lowest BCUT2D eigenvalue weighted by molar-refractivity contribution is 1.08. The summed E-state index contributed by atoms with van der Waals surface area (Å²) in [7, 11) is 0. The molecule has 0 aliphatic rings. The molecule has 0 aliphatic heterocycles. The van der Waals surface area contributed by atoms with Crippen molar-refractivity contribution in [2.45, 2.75) is 54.4 Å². The fourth-order valence-corrected chi connectivity index (χ4v) is 3.37. The summed E-state index contributed by atoms with van der Waals surface area (Å²) in [5, 5.41) is 0. The highest BCUT2D eigenvalue weighted by molar-refractivity contribution is 5.79. The van der Waals surface area contributed by atoms with E-state index in [1.807, 2.05) is 0 Å². The molecule has 0 bridgehead atoms. The van der Waals surface area contributed by atoms with Crippen molar-refractivity contribution in [3.05, 3.63) is 51.6 Å². The van der Waals surface area contributed by atoms with Crippen molar-refractivity contribution in [1.82, 2.24) is 9.97 Å². The average Bonchev–Trinajstić information content (AvgIpc) is 2.85. The molecule has 0 radical (unpaired) electrons. The smallest absolute Gasteiger partial charge is 0.0503 e. The second-order valence-corrected chi connectivity index (χ2v) is 5.64. The summed E-state index contributed by atoms with van der Waals surface area (Å²) in [6.07, 6.45) is 2.12. The third kappa shape index (κ3) is 2.13. The Hall–Kier alpha value is -1.70. The summed E-state index contributed by atoms with van der Waals surface area (Å²) in [6, 6.07) is 0. The van der Waals surface area contributed by atoms with Gasteiger partial charge < -0.3 is 9.97 Å². The lowest BCUT2D eigenvalue weighted by atomic mass is 9.99. The number of aryl methyl sites for hydroxylation is 2. The molecule has 0 amide bonds. The van der Waals surface area contributed by atoms with Gasteiger partial charge in [-0.05, 0) is 62.8 Å². The fourth-order valence-electron chi connectivity index (χ4n) is 3.37. The number of aromatic nitrogens is 2. The van der Waals surface area contributed by atoms with E-state index >= 15 is 0 Å². The summed E-state index contributed by atoms with van der Waals surface area (Å²) >= 11 is 0. The number of rotatable bonds is 4. The van der Waals surface area contributed by atoms with Crippen molar-refractivity contribution in [2.75, 3.05) is 0 Å². The minimum absolute atomic E-state index is 1.06. The van der Waals surface area contributed by atoms with E-state index < -0.39 is 0 Å². The van der Waals surface area contributed by atoms with E-state index in [2.05, 4.69) is 58.1 Å². The van der Waals surface area contributed by atoms with Gasteiger partial charge in [-0.2, -0.15) is 0 Å². The molecule has 0 fully saturated rings. The molecular formula is C18H26N2. The summed E-state index contributed by atoms with van der Waals surface area (Å²) in [5.74, 6) is 0. The first-order chi connectivity index (χ1) is 9.42. The third-order valence-electron chi connectivity index (χ3n) is 4.50. The van der Waals surface area contributed by atoms with Gasteiger partial charge in [0, 0.05) is 17.0 Å². The normalized spacial score (nSPS) is 11.1. The molecule has 0 aromatic carbocycles. The quantitative estimate of drug-likeness (QED) is 0.802. The Bertz CT molecular complexity index is 597. The number of nitrogens with one attached hydrogen (secondary N) is 2. The topological polar surface area (TPSA) is 31.6 Å². The monoisotopic (exact) mass is 270 g/mol. The van der Waals surface area contributed by atoms with Crippen molar-refractivity contribution in [3.63, 3.8) is 0 Å². The highest BCUT2D eigenvalue weighted by Crippen LogP contribution is 2.31. The minimum atomic E-state index is 1.06. The van der Waals surface area contributed by atoms with Gasteiger partial charge in [0.25, 0.3) is 0 Å². The van der Waals surface area contributed by atoms with Crippen molar-refractivity contribution >= 4 is 5.57 Å². The Morgan fingerprint density at radius 2 is 1.15 bits per heavy atom. The lowest BCUT2D eigenvalue weighted by Crippen LogP contribution is -1.93. The molecule has 0 atom stereocenters. The molecule has 2 aromatic heterocycles. The maximum Gasteiger partial charge on any atom is 0.0503 e. The van der Waals surface area contributed by atoms with Gasteiger partial charge in [-0.1, -0.05) is 20.4 Å². The van der Waals surface area contributed by atoms with E-state index in [0.29, 0.717) is 0 Å². The third-order valence-corrected chi connectivity index (χ3v) is 4.50. The van der Waals surface area contributed by atoms with Crippen LogP contribution < -0.4 is 0 Å². The highest BCUT2D eigenvalue weighted by atomic mass is 14.8. The second kappa shape index (κ2) is 5.35. The van der Waals surface area contributed by atoms with Crippen LogP contribution in [0.4, 0.5) is 0 Å². The lowest BCUT2D eigenvalue weighted by Gasteiger charge is -2.06. The zero-order valence-electron chi connectivity index (χ0n) is 13.6. The molecule has 0 saturated carbocycles. The Balaban J connectivity index is 2.52. The van der Waals surface area contributed by atoms with Crippen molar-refractivity contribution in [2.24, 2.45) is 0 Å². The Morgan fingerprint density at radius 1 is 0.800 bits per heavy atom. The van der Waals surface area contributed by atoms with Gasteiger partial charge in [0.05, 0.1) is 11.4 Å². The summed E-state index contributed by atoms with van der Waals surface area (Å²) < 4.78 is 0.